The molecule has 2 heteroatoms. The molecule has 0 aliphatic rings. The normalized spacial score (nSPS) is 11.3. The van der Waals surface area contributed by atoms with Crippen molar-refractivity contribution >= 4 is 49.6 Å². The molecule has 1 heterocycles. The summed E-state index contributed by atoms with van der Waals surface area (Å²) < 4.78 is 2.44. The third kappa shape index (κ3) is 4.74. The van der Waals surface area contributed by atoms with Crippen LogP contribution >= 0.6 is 0 Å². The quantitative estimate of drug-likeness (QED) is 0.181. The number of rotatable bonds is 6. The maximum Gasteiger partial charge on any atom is 0.0640 e. The molecule has 0 N–H and O–H groups in total. The lowest BCUT2D eigenvalue weighted by Gasteiger charge is -2.28. The topological polar surface area (TPSA) is 8.17 Å². The average Bonchev–Trinajstić information content (AvgIpc) is 3.51. The van der Waals surface area contributed by atoms with E-state index in [4.69, 9.17) is 0 Å². The molecule has 0 bridgehead atoms. The van der Waals surface area contributed by atoms with Crippen LogP contribution in [-0.4, -0.2) is 4.57 Å². The van der Waals surface area contributed by atoms with E-state index in [1.807, 2.05) is 0 Å². The van der Waals surface area contributed by atoms with Gasteiger partial charge in [0.15, 0.2) is 0 Å². The molecule has 0 saturated carbocycles. The van der Waals surface area contributed by atoms with Crippen LogP contribution in [0.4, 0.5) is 17.1 Å². The van der Waals surface area contributed by atoms with E-state index < -0.39 is 0 Å². The second kappa shape index (κ2) is 11.8. The molecule has 0 amide bonds. The largest absolute Gasteiger partial charge is 0.310 e. The molecule has 0 unspecified atom stereocenters. The Bertz CT molecular complexity index is 2470. The van der Waals surface area contributed by atoms with Crippen molar-refractivity contribution in [2.45, 2.75) is 0 Å². The van der Waals surface area contributed by atoms with Crippen LogP contribution in [0.25, 0.3) is 60.5 Å². The Morgan fingerprint density at radius 2 is 0.917 bits per heavy atom. The Kier molecular flexibility index (Phi) is 6.84. The summed E-state index contributed by atoms with van der Waals surface area (Å²) in [5, 5.41) is 4.90. The van der Waals surface area contributed by atoms with Gasteiger partial charge in [-0.25, -0.2) is 0 Å². The zero-order valence-electron chi connectivity index (χ0n) is 26.4. The van der Waals surface area contributed by atoms with E-state index in [0.717, 1.165) is 22.7 Å². The van der Waals surface area contributed by atoms with Gasteiger partial charge >= 0.3 is 0 Å². The van der Waals surface area contributed by atoms with Gasteiger partial charge in [-0.05, 0) is 76.2 Å². The molecule has 0 fully saturated rings. The summed E-state index contributed by atoms with van der Waals surface area (Å²) >= 11 is 0. The zero-order valence-corrected chi connectivity index (χ0v) is 26.4. The molecule has 0 aliphatic carbocycles. The summed E-state index contributed by atoms with van der Waals surface area (Å²) in [4.78, 5) is 2.44. The third-order valence-corrected chi connectivity index (χ3v) is 9.33. The number of fused-ring (bicyclic) bond motifs is 5. The first-order chi connectivity index (χ1) is 23.8. The molecule has 0 saturated heterocycles. The van der Waals surface area contributed by atoms with E-state index in [-0.39, 0.29) is 0 Å². The van der Waals surface area contributed by atoms with Gasteiger partial charge in [0, 0.05) is 33.2 Å². The summed E-state index contributed by atoms with van der Waals surface area (Å²) in [5.74, 6) is 0. The molecule has 9 aromatic rings. The number of hydrogen-bond donors (Lipinski definition) is 0. The third-order valence-electron chi connectivity index (χ3n) is 9.33. The number of para-hydroxylation sites is 2. The lowest BCUT2D eigenvalue weighted by Crippen LogP contribution is -2.11. The summed E-state index contributed by atoms with van der Waals surface area (Å²) in [6, 6.07) is 69.9. The van der Waals surface area contributed by atoms with E-state index in [9.17, 15) is 0 Å². The second-order valence-electron chi connectivity index (χ2n) is 12.2. The number of anilines is 3. The van der Waals surface area contributed by atoms with Gasteiger partial charge in [-0.3, -0.25) is 0 Å². The highest BCUT2D eigenvalue weighted by atomic mass is 15.1. The van der Waals surface area contributed by atoms with Crippen molar-refractivity contribution in [2.24, 2.45) is 0 Å². The van der Waals surface area contributed by atoms with Crippen molar-refractivity contribution in [1.29, 1.82) is 0 Å². The van der Waals surface area contributed by atoms with Crippen molar-refractivity contribution in [3.63, 3.8) is 0 Å². The van der Waals surface area contributed by atoms with Crippen molar-refractivity contribution in [3.8, 4) is 27.9 Å². The van der Waals surface area contributed by atoms with Crippen LogP contribution in [0.1, 0.15) is 0 Å². The summed E-state index contributed by atoms with van der Waals surface area (Å²) in [6.45, 7) is 0. The fourth-order valence-corrected chi connectivity index (χ4v) is 7.18. The van der Waals surface area contributed by atoms with Crippen molar-refractivity contribution in [3.05, 3.63) is 194 Å². The van der Waals surface area contributed by atoms with Gasteiger partial charge in [0.05, 0.1) is 16.7 Å². The first-order valence-corrected chi connectivity index (χ1v) is 16.4. The maximum atomic E-state index is 2.44. The van der Waals surface area contributed by atoms with Gasteiger partial charge in [-0.1, -0.05) is 146 Å². The fraction of sp³-hybridized carbons (Fsp3) is 0. The molecule has 1 aromatic heterocycles. The van der Waals surface area contributed by atoms with Gasteiger partial charge in [0.2, 0.25) is 0 Å². The lowest BCUT2D eigenvalue weighted by atomic mass is 10.00. The van der Waals surface area contributed by atoms with E-state index >= 15 is 0 Å². The molecule has 0 radical (unpaired) electrons. The minimum Gasteiger partial charge on any atom is -0.310 e. The second-order valence-corrected chi connectivity index (χ2v) is 12.2. The average molecular weight is 613 g/mol. The van der Waals surface area contributed by atoms with Crippen molar-refractivity contribution < 1.29 is 0 Å². The minimum absolute atomic E-state index is 1.11. The number of hydrogen-bond acceptors (Lipinski definition) is 1. The highest BCUT2D eigenvalue weighted by Crippen LogP contribution is 2.45. The van der Waals surface area contributed by atoms with E-state index in [2.05, 4.69) is 204 Å². The van der Waals surface area contributed by atoms with Gasteiger partial charge in [-0.15, -0.1) is 0 Å². The Hall–Kier alpha value is -6.38. The monoisotopic (exact) mass is 612 g/mol. The Morgan fingerprint density at radius 1 is 0.375 bits per heavy atom. The molecule has 9 rings (SSSR count). The van der Waals surface area contributed by atoms with Crippen LogP contribution < -0.4 is 4.90 Å². The highest BCUT2D eigenvalue weighted by Gasteiger charge is 2.22. The SMILES string of the molecule is c1ccc(-c2cccc(N(c3cccc(-c4ccccc4)c3)c3cccc4ccc5c6ccccc6n(-c6ccccc6)c5c34)c2)cc1. The van der Waals surface area contributed by atoms with Crippen LogP contribution in [0.3, 0.4) is 0 Å². The molecular weight excluding hydrogens is 581 g/mol. The van der Waals surface area contributed by atoms with Crippen LogP contribution in [-0.2, 0) is 0 Å². The van der Waals surface area contributed by atoms with Crippen LogP contribution in [0.15, 0.2) is 194 Å². The van der Waals surface area contributed by atoms with E-state index in [1.165, 1.54) is 54.8 Å². The van der Waals surface area contributed by atoms with Crippen LogP contribution in [0.5, 0.6) is 0 Å². The predicted octanol–water partition coefficient (Wildman–Crippen LogP) is 12.7. The predicted molar refractivity (Wildman–Crippen MR) is 204 cm³/mol. The molecule has 226 valence electrons. The standard InChI is InChI=1S/C46H32N2/c1-4-15-33(16-5-1)36-20-12-24-39(31-36)47(40-25-13-21-37(32-40)34-17-6-2-7-18-34)44-28-14-19-35-29-30-42-41-26-10-11-27-43(41)48(46(42)45(35)44)38-22-8-3-9-23-38/h1-32H. The van der Waals surface area contributed by atoms with Crippen molar-refractivity contribution in [1.82, 2.24) is 4.57 Å². The summed E-state index contributed by atoms with van der Waals surface area (Å²) in [6.07, 6.45) is 0. The van der Waals surface area contributed by atoms with Gasteiger partial charge in [-0.2, -0.15) is 0 Å². The smallest absolute Gasteiger partial charge is 0.0640 e. The molecule has 0 aliphatic heterocycles. The number of benzene rings is 8. The maximum absolute atomic E-state index is 2.44. The minimum atomic E-state index is 1.11. The van der Waals surface area contributed by atoms with Gasteiger partial charge in [0.1, 0.15) is 0 Å². The van der Waals surface area contributed by atoms with Crippen molar-refractivity contribution in [2.75, 3.05) is 4.90 Å². The first-order valence-electron chi connectivity index (χ1n) is 16.4. The molecular formula is C46H32N2. The zero-order chi connectivity index (χ0) is 31.9. The molecule has 0 spiro atoms. The Labute approximate surface area is 280 Å². The molecule has 2 nitrogen and oxygen atoms in total. The van der Waals surface area contributed by atoms with Gasteiger partial charge in [0.25, 0.3) is 0 Å². The fourth-order valence-electron chi connectivity index (χ4n) is 7.18. The summed E-state index contributed by atoms with van der Waals surface area (Å²) in [5.41, 5.74) is 11.7. The number of nitrogens with zero attached hydrogens (tertiary/aromatic N) is 2. The molecule has 8 aromatic carbocycles. The van der Waals surface area contributed by atoms with E-state index in [0.29, 0.717) is 0 Å². The Morgan fingerprint density at radius 3 is 1.56 bits per heavy atom. The first kappa shape index (κ1) is 27.9. The van der Waals surface area contributed by atoms with Crippen LogP contribution in [0.2, 0.25) is 0 Å². The highest BCUT2D eigenvalue weighted by molar-refractivity contribution is 6.22. The van der Waals surface area contributed by atoms with Gasteiger partial charge < -0.3 is 9.47 Å². The van der Waals surface area contributed by atoms with Crippen LogP contribution in [0, 0.1) is 0 Å². The molecule has 48 heavy (non-hydrogen) atoms. The molecule has 0 atom stereocenters. The van der Waals surface area contributed by atoms with E-state index in [1.54, 1.807) is 0 Å². The lowest BCUT2D eigenvalue weighted by molar-refractivity contribution is 1.18. The Balaban J connectivity index is 1.38. The summed E-state index contributed by atoms with van der Waals surface area (Å²) in [7, 11) is 0. The number of aromatic nitrogens is 1.